The highest BCUT2D eigenvalue weighted by atomic mass is 32.2. The molecule has 162 valence electrons. The molecular formula is C21H23N5O4S. The lowest BCUT2D eigenvalue weighted by molar-refractivity contribution is 0.198. The van der Waals surface area contributed by atoms with Gasteiger partial charge in [-0.05, 0) is 43.0 Å². The van der Waals surface area contributed by atoms with E-state index in [2.05, 4.69) is 24.6 Å². The molecule has 0 radical (unpaired) electrons. The zero-order valence-electron chi connectivity index (χ0n) is 17.0. The molecule has 31 heavy (non-hydrogen) atoms. The minimum atomic E-state index is -3.45. The first-order valence-corrected chi connectivity index (χ1v) is 11.7. The van der Waals surface area contributed by atoms with Crippen molar-refractivity contribution in [1.82, 2.24) is 15.0 Å². The maximum atomic E-state index is 12.4. The monoisotopic (exact) mass is 441 g/mol. The zero-order chi connectivity index (χ0) is 21.6. The predicted octanol–water partition coefficient (Wildman–Crippen LogP) is 2.18. The Labute approximate surface area is 180 Å². The third kappa shape index (κ3) is 3.88. The van der Waals surface area contributed by atoms with E-state index in [0.29, 0.717) is 31.5 Å². The van der Waals surface area contributed by atoms with Crippen molar-refractivity contribution in [3.63, 3.8) is 0 Å². The average molecular weight is 442 g/mol. The highest BCUT2D eigenvalue weighted by Gasteiger charge is 2.36. The lowest BCUT2D eigenvalue weighted by atomic mass is 10.0. The van der Waals surface area contributed by atoms with Crippen molar-refractivity contribution in [3.8, 4) is 17.0 Å². The van der Waals surface area contributed by atoms with E-state index in [4.69, 9.17) is 4.74 Å². The molecule has 3 heterocycles. The number of aliphatic hydroxyl groups excluding tert-OH is 1. The number of aliphatic hydroxyl groups is 1. The molecule has 0 bridgehead atoms. The summed E-state index contributed by atoms with van der Waals surface area (Å²) in [6.45, 7) is 1.27. The van der Waals surface area contributed by atoms with Crippen molar-refractivity contribution in [2.24, 2.45) is 0 Å². The third-order valence-corrected chi connectivity index (χ3v) is 7.52. The summed E-state index contributed by atoms with van der Waals surface area (Å²) >= 11 is 0. The zero-order valence-corrected chi connectivity index (χ0v) is 17.8. The van der Waals surface area contributed by atoms with Gasteiger partial charge in [-0.3, -0.25) is 4.72 Å². The number of ether oxygens (including phenoxy) is 1. The lowest BCUT2D eigenvalue weighted by Crippen LogP contribution is -2.22. The van der Waals surface area contributed by atoms with Crippen LogP contribution in [0.4, 0.5) is 11.5 Å². The van der Waals surface area contributed by atoms with Crippen LogP contribution in [0.3, 0.4) is 0 Å². The number of fused-ring (bicyclic) bond motifs is 1. The summed E-state index contributed by atoms with van der Waals surface area (Å²) in [7, 11) is -1.99. The second kappa shape index (κ2) is 7.61. The molecule has 1 saturated heterocycles. The number of pyridine rings is 1. The maximum absolute atomic E-state index is 12.4. The molecule has 3 aromatic rings. The molecule has 1 aliphatic carbocycles. The highest BCUT2D eigenvalue weighted by molar-refractivity contribution is 7.93. The molecule has 1 aromatic carbocycles. The Balaban J connectivity index is 1.55. The normalized spacial score (nSPS) is 19.0. The summed E-state index contributed by atoms with van der Waals surface area (Å²) in [6.07, 6.45) is 4.87. The molecule has 0 unspecified atom stereocenters. The van der Waals surface area contributed by atoms with E-state index in [1.807, 2.05) is 18.2 Å². The van der Waals surface area contributed by atoms with Crippen LogP contribution in [0.15, 0.2) is 36.8 Å². The first-order valence-electron chi connectivity index (χ1n) is 10.2. The van der Waals surface area contributed by atoms with Crippen LogP contribution in [-0.2, 0) is 10.0 Å². The fraction of sp³-hybridized carbons (Fsp3) is 0.381. The topological polar surface area (TPSA) is 118 Å². The molecule has 9 nitrogen and oxygen atoms in total. The van der Waals surface area contributed by atoms with E-state index < -0.39 is 10.0 Å². The molecule has 1 aliphatic heterocycles. The van der Waals surface area contributed by atoms with Gasteiger partial charge in [0.15, 0.2) is 0 Å². The Bertz CT molecular complexity index is 1250. The number of anilines is 2. The average Bonchev–Trinajstić information content (AvgIpc) is 3.55. The van der Waals surface area contributed by atoms with Crippen molar-refractivity contribution in [3.05, 3.63) is 36.8 Å². The molecule has 0 amide bonds. The van der Waals surface area contributed by atoms with Gasteiger partial charge in [0.1, 0.15) is 17.8 Å². The molecule has 5 rings (SSSR count). The molecule has 1 saturated carbocycles. The third-order valence-electron chi connectivity index (χ3n) is 5.67. The first kappa shape index (κ1) is 20.0. The Hall–Kier alpha value is -2.98. The standard InChI is InChI=1S/C21H23N5O4S/c1-30-21-19(25-31(28,29)16-3-4-16)9-14(10-22-21)13-2-5-18-17(8-13)20(24-12-23-18)26-7-6-15(27)11-26/h2,5,8-10,12,15-16,25,27H,3-4,6-7,11H2,1H3/t15-/m1/s1. The van der Waals surface area contributed by atoms with Crippen LogP contribution in [-0.4, -0.2) is 60.0 Å². The number of benzene rings is 1. The molecule has 1 atom stereocenters. The molecule has 2 N–H and O–H groups in total. The number of hydrogen-bond acceptors (Lipinski definition) is 8. The summed E-state index contributed by atoms with van der Waals surface area (Å²) in [6, 6.07) is 7.52. The van der Waals surface area contributed by atoms with E-state index in [1.165, 1.54) is 13.4 Å². The number of nitrogens with zero attached hydrogens (tertiary/aromatic N) is 4. The summed E-state index contributed by atoms with van der Waals surface area (Å²) in [5.74, 6) is 1.00. The molecule has 10 heteroatoms. The summed E-state index contributed by atoms with van der Waals surface area (Å²) < 4.78 is 32.8. The summed E-state index contributed by atoms with van der Waals surface area (Å²) in [5, 5.41) is 10.4. The van der Waals surface area contributed by atoms with Crippen LogP contribution in [0.2, 0.25) is 0 Å². The maximum Gasteiger partial charge on any atom is 0.238 e. The van der Waals surface area contributed by atoms with Gasteiger partial charge in [-0.25, -0.2) is 23.4 Å². The van der Waals surface area contributed by atoms with Gasteiger partial charge >= 0.3 is 0 Å². The summed E-state index contributed by atoms with van der Waals surface area (Å²) in [4.78, 5) is 15.2. The van der Waals surface area contributed by atoms with Gasteiger partial charge in [-0.2, -0.15) is 0 Å². The summed E-state index contributed by atoms with van der Waals surface area (Å²) in [5.41, 5.74) is 2.71. The van der Waals surface area contributed by atoms with E-state index in [0.717, 1.165) is 34.4 Å². The number of nitrogens with one attached hydrogen (secondary N) is 1. The number of sulfonamides is 1. The minimum Gasteiger partial charge on any atom is -0.480 e. The Morgan fingerprint density at radius 3 is 2.68 bits per heavy atom. The van der Waals surface area contributed by atoms with Gasteiger partial charge in [0.2, 0.25) is 15.9 Å². The van der Waals surface area contributed by atoms with Gasteiger partial charge in [-0.15, -0.1) is 0 Å². The van der Waals surface area contributed by atoms with Gasteiger partial charge in [0.05, 0.1) is 24.0 Å². The molecular weight excluding hydrogens is 418 g/mol. The molecule has 2 fully saturated rings. The highest BCUT2D eigenvalue weighted by Crippen LogP contribution is 2.35. The fourth-order valence-corrected chi connectivity index (χ4v) is 5.25. The van der Waals surface area contributed by atoms with Gasteiger partial charge in [0.25, 0.3) is 0 Å². The SMILES string of the molecule is COc1ncc(-c2ccc3ncnc(N4CC[C@@H](O)C4)c3c2)cc1NS(=O)(=O)C1CC1. The van der Waals surface area contributed by atoms with E-state index in [9.17, 15) is 13.5 Å². The molecule has 0 spiro atoms. The minimum absolute atomic E-state index is 0.226. The van der Waals surface area contributed by atoms with Crippen LogP contribution in [0.5, 0.6) is 5.88 Å². The van der Waals surface area contributed by atoms with Crippen LogP contribution in [0.25, 0.3) is 22.0 Å². The van der Waals surface area contributed by atoms with E-state index in [-0.39, 0.29) is 17.2 Å². The first-order chi connectivity index (χ1) is 14.9. The van der Waals surface area contributed by atoms with E-state index >= 15 is 0 Å². The fourth-order valence-electron chi connectivity index (χ4n) is 3.87. The van der Waals surface area contributed by atoms with Crippen LogP contribution < -0.4 is 14.4 Å². The smallest absolute Gasteiger partial charge is 0.238 e. The number of methoxy groups -OCH3 is 1. The van der Waals surface area contributed by atoms with Crippen LogP contribution in [0.1, 0.15) is 19.3 Å². The van der Waals surface area contributed by atoms with Crippen molar-refractivity contribution in [2.75, 3.05) is 29.8 Å². The Morgan fingerprint density at radius 2 is 1.97 bits per heavy atom. The van der Waals surface area contributed by atoms with Crippen molar-refractivity contribution < 1.29 is 18.3 Å². The number of aromatic nitrogens is 3. The van der Waals surface area contributed by atoms with Gasteiger partial charge in [0, 0.05) is 30.2 Å². The number of hydrogen-bond donors (Lipinski definition) is 2. The van der Waals surface area contributed by atoms with Crippen LogP contribution >= 0.6 is 0 Å². The van der Waals surface area contributed by atoms with Crippen molar-refractivity contribution in [2.45, 2.75) is 30.6 Å². The largest absolute Gasteiger partial charge is 0.480 e. The van der Waals surface area contributed by atoms with Gasteiger partial charge in [-0.1, -0.05) is 6.07 Å². The number of β-amino-alcohol motifs (C(OH)–C–C–N with tert-alkyl or cyclic N) is 1. The second-order valence-electron chi connectivity index (χ2n) is 7.94. The quantitative estimate of drug-likeness (QED) is 0.598. The van der Waals surface area contributed by atoms with Crippen LogP contribution in [0, 0.1) is 0 Å². The molecule has 2 aliphatic rings. The van der Waals surface area contributed by atoms with Gasteiger partial charge < -0.3 is 14.7 Å². The Morgan fingerprint density at radius 1 is 1.13 bits per heavy atom. The molecule has 2 aromatic heterocycles. The lowest BCUT2D eigenvalue weighted by Gasteiger charge is -2.18. The number of rotatable bonds is 6. The predicted molar refractivity (Wildman–Crippen MR) is 118 cm³/mol. The Kier molecular flexibility index (Phi) is 4.90. The van der Waals surface area contributed by atoms with Crippen molar-refractivity contribution >= 4 is 32.4 Å². The second-order valence-corrected chi connectivity index (χ2v) is 9.91. The van der Waals surface area contributed by atoms with Crippen molar-refractivity contribution in [1.29, 1.82) is 0 Å². The van der Waals surface area contributed by atoms with E-state index in [1.54, 1.807) is 12.3 Å².